The Kier molecular flexibility index (Phi) is 6.06. The summed E-state index contributed by atoms with van der Waals surface area (Å²) in [5.74, 6) is -1.46. The second-order valence-electron chi connectivity index (χ2n) is 7.11. The van der Waals surface area contributed by atoms with Crippen molar-refractivity contribution in [2.75, 3.05) is 22.5 Å². The number of rotatable bonds is 5. The summed E-state index contributed by atoms with van der Waals surface area (Å²) in [6, 6.07) is 13.1. The van der Waals surface area contributed by atoms with Crippen molar-refractivity contribution in [2.24, 2.45) is 0 Å². The number of hydrogen-bond acceptors (Lipinski definition) is 4. The van der Waals surface area contributed by atoms with E-state index in [0.29, 0.717) is 5.69 Å². The Hall–Kier alpha value is -2.39. The molecule has 10 heteroatoms. The average Bonchev–Trinajstić information content (AvgIpc) is 3.13. The smallest absolute Gasteiger partial charge is 0.236 e. The molecule has 0 unspecified atom stereocenters. The summed E-state index contributed by atoms with van der Waals surface area (Å²) in [6.07, 6.45) is 1.06. The van der Waals surface area contributed by atoms with E-state index in [1.54, 1.807) is 31.3 Å². The van der Waals surface area contributed by atoms with E-state index in [-0.39, 0.29) is 27.1 Å². The van der Waals surface area contributed by atoms with Gasteiger partial charge in [-0.1, -0.05) is 23.2 Å². The van der Waals surface area contributed by atoms with E-state index >= 15 is 0 Å². The third-order valence-electron chi connectivity index (χ3n) is 4.83. The summed E-state index contributed by atoms with van der Waals surface area (Å²) in [5, 5.41) is 3.22. The van der Waals surface area contributed by atoms with Gasteiger partial charge in [0.25, 0.3) is 0 Å². The number of anilines is 4. The fraction of sp³-hybridized carbons (Fsp3) is 0.0909. The third kappa shape index (κ3) is 4.41. The molecule has 0 saturated carbocycles. The molecule has 4 nitrogen and oxygen atoms in total. The fourth-order valence-electron chi connectivity index (χ4n) is 3.40. The normalized spacial score (nSPS) is 11.7. The molecule has 32 heavy (non-hydrogen) atoms. The third-order valence-corrected chi connectivity index (χ3v) is 7.30. The molecule has 0 atom stereocenters. The molecule has 0 bridgehead atoms. The Morgan fingerprint density at radius 2 is 1.62 bits per heavy atom. The van der Waals surface area contributed by atoms with E-state index < -0.39 is 21.7 Å². The lowest BCUT2D eigenvalue weighted by atomic mass is 10.2. The largest absolute Gasteiger partial charge is 0.342 e. The number of nitrogens with zero attached hydrogens (tertiary/aromatic N) is 2. The summed E-state index contributed by atoms with van der Waals surface area (Å²) in [7, 11) is -2.26. The first-order chi connectivity index (χ1) is 15.0. The summed E-state index contributed by atoms with van der Waals surface area (Å²) in [6.45, 7) is 0. The molecule has 4 rings (SSSR count). The van der Waals surface area contributed by atoms with Gasteiger partial charge in [-0.15, -0.1) is 11.3 Å². The topological polar surface area (TPSA) is 40.6 Å². The molecule has 0 spiro atoms. The monoisotopic (exact) mass is 512 g/mol. The highest BCUT2D eigenvalue weighted by atomic mass is 35.5. The number of thiophene rings is 1. The van der Waals surface area contributed by atoms with Gasteiger partial charge in [0.05, 0.1) is 28.3 Å². The first-order valence-electron chi connectivity index (χ1n) is 9.21. The second-order valence-corrected chi connectivity index (χ2v) is 10.7. The molecule has 0 radical (unpaired) electrons. The number of halogens is 4. The number of benzene rings is 3. The van der Waals surface area contributed by atoms with Gasteiger partial charge in [-0.2, -0.15) is 0 Å². The molecule has 0 fully saturated rings. The molecular weight excluding hydrogens is 497 g/mol. The molecule has 0 N–H and O–H groups in total. The summed E-state index contributed by atoms with van der Waals surface area (Å²) < 4.78 is 55.3. The zero-order valence-corrected chi connectivity index (χ0v) is 20.0. The van der Waals surface area contributed by atoms with Gasteiger partial charge in [0.1, 0.15) is 11.6 Å². The maximum Gasteiger partial charge on any atom is 0.236 e. The SMILES string of the molecule is CN(c1cc(Cl)cc(N(c2cc3ccsc3cc2Cl)S(C)(=O)=O)c1)c1ccc(F)cc1F. The predicted octanol–water partition coefficient (Wildman–Crippen LogP) is 7.35. The summed E-state index contributed by atoms with van der Waals surface area (Å²) >= 11 is 14.3. The van der Waals surface area contributed by atoms with Crippen molar-refractivity contribution in [1.82, 2.24) is 0 Å². The van der Waals surface area contributed by atoms with Crippen LogP contribution < -0.4 is 9.21 Å². The van der Waals surface area contributed by atoms with Crippen molar-refractivity contribution in [3.63, 3.8) is 0 Å². The number of fused-ring (bicyclic) bond motifs is 1. The Morgan fingerprint density at radius 1 is 0.906 bits per heavy atom. The minimum atomic E-state index is -3.83. The first kappa shape index (κ1) is 22.8. The lowest BCUT2D eigenvalue weighted by Crippen LogP contribution is -2.25. The van der Waals surface area contributed by atoms with Crippen LogP contribution in [0.5, 0.6) is 0 Å². The van der Waals surface area contributed by atoms with E-state index in [0.717, 1.165) is 32.8 Å². The molecule has 0 aliphatic carbocycles. The van der Waals surface area contributed by atoms with Gasteiger partial charge in [0, 0.05) is 28.5 Å². The van der Waals surface area contributed by atoms with Gasteiger partial charge >= 0.3 is 0 Å². The van der Waals surface area contributed by atoms with Crippen LogP contribution >= 0.6 is 34.5 Å². The summed E-state index contributed by atoms with van der Waals surface area (Å²) in [5.41, 5.74) is 0.993. The van der Waals surface area contributed by atoms with Gasteiger partial charge in [0.2, 0.25) is 10.0 Å². The predicted molar refractivity (Wildman–Crippen MR) is 130 cm³/mol. The van der Waals surface area contributed by atoms with Crippen LogP contribution in [0.3, 0.4) is 0 Å². The van der Waals surface area contributed by atoms with Gasteiger partial charge in [-0.25, -0.2) is 21.5 Å². The fourth-order valence-corrected chi connectivity index (χ4v) is 5.79. The molecule has 0 aliphatic rings. The highest BCUT2D eigenvalue weighted by molar-refractivity contribution is 7.92. The van der Waals surface area contributed by atoms with Crippen LogP contribution in [0, 0.1) is 11.6 Å². The van der Waals surface area contributed by atoms with E-state index in [2.05, 4.69) is 0 Å². The van der Waals surface area contributed by atoms with Crippen LogP contribution in [0.4, 0.5) is 31.5 Å². The van der Waals surface area contributed by atoms with E-state index in [9.17, 15) is 17.2 Å². The molecule has 0 aliphatic heterocycles. The summed E-state index contributed by atoms with van der Waals surface area (Å²) in [4.78, 5) is 1.45. The first-order valence-corrected chi connectivity index (χ1v) is 12.7. The maximum atomic E-state index is 14.3. The van der Waals surface area contributed by atoms with Crippen molar-refractivity contribution in [3.8, 4) is 0 Å². The minimum Gasteiger partial charge on any atom is -0.342 e. The molecule has 1 aromatic heterocycles. The van der Waals surface area contributed by atoms with Crippen LogP contribution in [0.25, 0.3) is 10.1 Å². The van der Waals surface area contributed by atoms with Crippen molar-refractivity contribution >= 4 is 77.4 Å². The Balaban J connectivity index is 1.87. The van der Waals surface area contributed by atoms with Crippen LogP contribution in [0.2, 0.25) is 10.0 Å². The molecular formula is C22H16Cl2F2N2O2S2. The molecule has 4 aromatic rings. The van der Waals surface area contributed by atoms with Crippen molar-refractivity contribution in [3.05, 3.63) is 81.7 Å². The standard InChI is InChI=1S/C22H16Cl2F2N2O2S2/c1-27(20-4-3-15(25)10-19(20)26)16-8-14(23)9-17(11-16)28(32(2,29)30)21-7-13-5-6-31-22(13)12-18(21)24/h3-12H,1-2H3. The lowest BCUT2D eigenvalue weighted by Gasteiger charge is -2.27. The number of sulfonamides is 1. The Morgan fingerprint density at radius 3 is 2.31 bits per heavy atom. The zero-order valence-electron chi connectivity index (χ0n) is 16.8. The van der Waals surface area contributed by atoms with E-state index in [1.807, 2.05) is 11.4 Å². The minimum absolute atomic E-state index is 0.100. The Labute approximate surface area is 198 Å². The molecule has 0 saturated heterocycles. The average molecular weight is 513 g/mol. The maximum absolute atomic E-state index is 14.3. The van der Waals surface area contributed by atoms with Crippen LogP contribution in [-0.4, -0.2) is 21.7 Å². The molecule has 0 amide bonds. The molecule has 166 valence electrons. The quantitative estimate of drug-likeness (QED) is 0.280. The van der Waals surface area contributed by atoms with Crippen molar-refractivity contribution in [2.45, 2.75) is 0 Å². The van der Waals surface area contributed by atoms with Crippen molar-refractivity contribution < 1.29 is 17.2 Å². The highest BCUT2D eigenvalue weighted by Crippen LogP contribution is 2.41. The van der Waals surface area contributed by atoms with Gasteiger partial charge in [0.15, 0.2) is 0 Å². The van der Waals surface area contributed by atoms with Crippen molar-refractivity contribution in [1.29, 1.82) is 0 Å². The number of hydrogen-bond donors (Lipinski definition) is 0. The van der Waals surface area contributed by atoms with E-state index in [1.165, 1.54) is 28.4 Å². The van der Waals surface area contributed by atoms with Gasteiger partial charge in [-0.3, -0.25) is 0 Å². The zero-order chi connectivity index (χ0) is 23.2. The van der Waals surface area contributed by atoms with E-state index in [4.69, 9.17) is 23.2 Å². The van der Waals surface area contributed by atoms with Crippen LogP contribution in [0.1, 0.15) is 0 Å². The van der Waals surface area contributed by atoms with Gasteiger partial charge < -0.3 is 4.90 Å². The molecule has 1 heterocycles. The van der Waals surface area contributed by atoms with Crippen LogP contribution in [-0.2, 0) is 10.0 Å². The highest BCUT2D eigenvalue weighted by Gasteiger charge is 2.25. The lowest BCUT2D eigenvalue weighted by molar-refractivity contribution is 0.583. The van der Waals surface area contributed by atoms with Crippen LogP contribution in [0.15, 0.2) is 60.0 Å². The van der Waals surface area contributed by atoms with Gasteiger partial charge in [-0.05, 0) is 59.3 Å². The Bertz CT molecular complexity index is 1440. The second kappa shape index (κ2) is 8.51. The molecule has 3 aromatic carbocycles.